The minimum absolute atomic E-state index is 0.0541. The number of nitrogens with one attached hydrogen (secondary N) is 2. The molecule has 110 valence electrons. The quantitative estimate of drug-likeness (QED) is 0.910. The number of fused-ring (bicyclic) bond motifs is 1. The van der Waals surface area contributed by atoms with Gasteiger partial charge in [-0.05, 0) is 48.4 Å². The highest BCUT2D eigenvalue weighted by atomic mass is 35.5. The molecule has 21 heavy (non-hydrogen) atoms. The Hall–Kier alpha value is -1.79. The van der Waals surface area contributed by atoms with Crippen molar-refractivity contribution < 1.29 is 12.8 Å². The van der Waals surface area contributed by atoms with Crippen LogP contribution in [0.5, 0.6) is 0 Å². The van der Waals surface area contributed by atoms with Crippen LogP contribution in [0, 0.1) is 5.82 Å². The van der Waals surface area contributed by atoms with Crippen molar-refractivity contribution in [2.45, 2.75) is 11.3 Å². The predicted octanol–water partition coefficient (Wildman–Crippen LogP) is 3.25. The van der Waals surface area contributed by atoms with Crippen LogP contribution in [0.1, 0.15) is 5.56 Å². The monoisotopic (exact) mass is 326 g/mol. The molecule has 2 aromatic rings. The molecule has 0 spiro atoms. The summed E-state index contributed by atoms with van der Waals surface area (Å²) in [7, 11) is -3.75. The second kappa shape index (κ2) is 5.20. The summed E-state index contributed by atoms with van der Waals surface area (Å²) in [6, 6.07) is 8.66. The van der Waals surface area contributed by atoms with Crippen molar-refractivity contribution in [1.29, 1.82) is 0 Å². The number of rotatable bonds is 3. The maximum atomic E-state index is 13.4. The maximum Gasteiger partial charge on any atom is 0.261 e. The summed E-state index contributed by atoms with van der Waals surface area (Å²) in [5, 5.41) is 3.11. The zero-order valence-corrected chi connectivity index (χ0v) is 12.4. The second-order valence-corrected chi connectivity index (χ2v) is 6.82. The van der Waals surface area contributed by atoms with Gasteiger partial charge < -0.3 is 5.32 Å². The third-order valence-electron chi connectivity index (χ3n) is 3.27. The number of hydrogen-bond acceptors (Lipinski definition) is 3. The standard InChI is InChI=1S/C14H12ClFN2O2S/c15-12-3-1-10(8-13(12)16)18-21(19,20)11-2-4-14-9(7-11)5-6-17-14/h1-4,7-8,17-18H,5-6H2. The molecular weight excluding hydrogens is 315 g/mol. The number of benzene rings is 2. The Bertz CT molecular complexity index is 809. The van der Waals surface area contributed by atoms with Gasteiger partial charge in [-0.3, -0.25) is 4.72 Å². The first-order chi connectivity index (χ1) is 9.95. The van der Waals surface area contributed by atoms with Gasteiger partial charge in [-0.15, -0.1) is 0 Å². The fraction of sp³-hybridized carbons (Fsp3) is 0.143. The van der Waals surface area contributed by atoms with Crippen LogP contribution in [0.3, 0.4) is 0 Å². The topological polar surface area (TPSA) is 58.2 Å². The fourth-order valence-corrected chi connectivity index (χ4v) is 3.44. The molecule has 1 heterocycles. The maximum absolute atomic E-state index is 13.4. The van der Waals surface area contributed by atoms with Gasteiger partial charge in [-0.1, -0.05) is 11.6 Å². The molecule has 7 heteroatoms. The molecule has 4 nitrogen and oxygen atoms in total. The smallest absolute Gasteiger partial charge is 0.261 e. The zero-order valence-electron chi connectivity index (χ0n) is 10.9. The summed E-state index contributed by atoms with van der Waals surface area (Å²) in [5.41, 5.74) is 2.04. The van der Waals surface area contributed by atoms with Crippen molar-refractivity contribution in [3.05, 3.63) is 52.8 Å². The Morgan fingerprint density at radius 3 is 2.76 bits per heavy atom. The van der Waals surface area contributed by atoms with E-state index >= 15 is 0 Å². The van der Waals surface area contributed by atoms with Crippen molar-refractivity contribution >= 4 is 33.0 Å². The van der Waals surface area contributed by atoms with E-state index in [1.165, 1.54) is 18.2 Å². The van der Waals surface area contributed by atoms with Crippen LogP contribution in [-0.4, -0.2) is 15.0 Å². The van der Waals surface area contributed by atoms with Crippen LogP contribution in [0.15, 0.2) is 41.3 Å². The van der Waals surface area contributed by atoms with Crippen molar-refractivity contribution in [3.63, 3.8) is 0 Å². The Balaban J connectivity index is 1.91. The molecule has 0 atom stereocenters. The molecule has 0 amide bonds. The highest BCUT2D eigenvalue weighted by molar-refractivity contribution is 7.92. The molecule has 0 unspecified atom stereocenters. The van der Waals surface area contributed by atoms with Gasteiger partial charge in [0.15, 0.2) is 0 Å². The lowest BCUT2D eigenvalue weighted by atomic mass is 10.2. The molecule has 1 aliphatic rings. The summed E-state index contributed by atoms with van der Waals surface area (Å²) in [6.45, 7) is 0.800. The fourth-order valence-electron chi connectivity index (χ4n) is 2.22. The van der Waals surface area contributed by atoms with E-state index in [4.69, 9.17) is 11.6 Å². The molecule has 0 aliphatic carbocycles. The summed E-state index contributed by atoms with van der Waals surface area (Å²) < 4.78 is 40.3. The van der Waals surface area contributed by atoms with Crippen LogP contribution in [0.2, 0.25) is 5.02 Å². The molecule has 1 aliphatic heterocycles. The molecular formula is C14H12ClFN2O2S. The lowest BCUT2D eigenvalue weighted by Crippen LogP contribution is -2.13. The first-order valence-corrected chi connectivity index (χ1v) is 8.16. The van der Waals surface area contributed by atoms with Crippen molar-refractivity contribution in [2.24, 2.45) is 0 Å². The normalized spacial score (nSPS) is 13.6. The van der Waals surface area contributed by atoms with E-state index in [1.54, 1.807) is 12.1 Å². The van der Waals surface area contributed by atoms with Crippen LogP contribution < -0.4 is 10.0 Å². The zero-order chi connectivity index (χ0) is 15.0. The van der Waals surface area contributed by atoms with Crippen molar-refractivity contribution in [3.8, 4) is 0 Å². The number of halogens is 2. The average Bonchev–Trinajstić information content (AvgIpc) is 2.90. The van der Waals surface area contributed by atoms with Gasteiger partial charge >= 0.3 is 0 Å². The molecule has 0 aromatic heterocycles. The lowest BCUT2D eigenvalue weighted by Gasteiger charge is -2.10. The summed E-state index contributed by atoms with van der Waals surface area (Å²) in [6.07, 6.45) is 0.786. The first kappa shape index (κ1) is 14.2. The SMILES string of the molecule is O=S(=O)(Nc1ccc(Cl)c(F)c1)c1ccc2c(c1)CCN2. The van der Waals surface area contributed by atoms with Gasteiger partial charge in [-0.2, -0.15) is 0 Å². The van der Waals surface area contributed by atoms with Gasteiger partial charge in [0.2, 0.25) is 0 Å². The minimum atomic E-state index is -3.75. The average molecular weight is 327 g/mol. The van der Waals surface area contributed by atoms with Crippen LogP contribution >= 0.6 is 11.6 Å². The molecule has 0 fully saturated rings. The molecule has 3 rings (SSSR count). The van der Waals surface area contributed by atoms with Crippen LogP contribution in [0.4, 0.5) is 15.8 Å². The van der Waals surface area contributed by atoms with E-state index in [2.05, 4.69) is 10.0 Å². The van der Waals surface area contributed by atoms with Crippen molar-refractivity contribution in [2.75, 3.05) is 16.6 Å². The molecule has 0 radical (unpaired) electrons. The summed E-state index contributed by atoms with van der Waals surface area (Å²) in [5.74, 6) is -0.671. The van der Waals surface area contributed by atoms with Crippen LogP contribution in [0.25, 0.3) is 0 Å². The van der Waals surface area contributed by atoms with Crippen LogP contribution in [-0.2, 0) is 16.4 Å². The van der Waals surface area contributed by atoms with E-state index in [1.807, 2.05) is 0 Å². The second-order valence-electron chi connectivity index (χ2n) is 4.73. The largest absolute Gasteiger partial charge is 0.384 e. The van der Waals surface area contributed by atoms with Crippen molar-refractivity contribution in [1.82, 2.24) is 0 Å². The lowest BCUT2D eigenvalue weighted by molar-refractivity contribution is 0.601. The molecule has 2 aromatic carbocycles. The van der Waals surface area contributed by atoms with E-state index in [0.717, 1.165) is 30.3 Å². The van der Waals surface area contributed by atoms with Gasteiger partial charge in [0.25, 0.3) is 10.0 Å². The minimum Gasteiger partial charge on any atom is -0.384 e. The third kappa shape index (κ3) is 2.82. The number of hydrogen-bond donors (Lipinski definition) is 2. The van der Waals surface area contributed by atoms with Gasteiger partial charge in [-0.25, -0.2) is 12.8 Å². The third-order valence-corrected chi connectivity index (χ3v) is 4.95. The Morgan fingerprint density at radius 1 is 1.19 bits per heavy atom. The molecule has 0 bridgehead atoms. The Kier molecular flexibility index (Phi) is 3.51. The number of anilines is 2. The summed E-state index contributed by atoms with van der Waals surface area (Å²) >= 11 is 5.57. The molecule has 0 saturated carbocycles. The van der Waals surface area contributed by atoms with Gasteiger partial charge in [0.05, 0.1) is 15.6 Å². The summed E-state index contributed by atoms with van der Waals surface area (Å²) in [4.78, 5) is 0.153. The van der Waals surface area contributed by atoms with Gasteiger partial charge in [0, 0.05) is 12.2 Å². The van der Waals surface area contributed by atoms with Gasteiger partial charge in [0.1, 0.15) is 5.82 Å². The molecule has 0 saturated heterocycles. The highest BCUT2D eigenvalue weighted by Crippen LogP contribution is 2.27. The first-order valence-electron chi connectivity index (χ1n) is 6.30. The van der Waals surface area contributed by atoms with E-state index in [9.17, 15) is 12.8 Å². The Morgan fingerprint density at radius 2 is 2.00 bits per heavy atom. The van der Waals surface area contributed by atoms with E-state index in [0.29, 0.717) is 0 Å². The van der Waals surface area contributed by atoms with E-state index in [-0.39, 0.29) is 15.6 Å². The Labute approximate surface area is 127 Å². The van der Waals surface area contributed by atoms with E-state index < -0.39 is 15.8 Å². The molecule has 2 N–H and O–H groups in total. The predicted molar refractivity (Wildman–Crippen MR) is 80.9 cm³/mol. The highest BCUT2D eigenvalue weighted by Gasteiger charge is 2.18. The number of sulfonamides is 1.